The van der Waals surface area contributed by atoms with Crippen molar-refractivity contribution in [1.29, 1.82) is 0 Å². The number of carbonyl (C=O) groups is 2. The van der Waals surface area contributed by atoms with Gasteiger partial charge >= 0.3 is 6.03 Å². The number of fused-ring (bicyclic) bond motifs is 1. The van der Waals surface area contributed by atoms with Crippen LogP contribution >= 0.6 is 23.1 Å². The lowest BCUT2D eigenvalue weighted by atomic mass is 10.1. The molecule has 1 saturated heterocycles. The van der Waals surface area contributed by atoms with E-state index in [0.717, 1.165) is 16.9 Å². The number of aromatic nitrogens is 2. The zero-order valence-electron chi connectivity index (χ0n) is 16.6. The van der Waals surface area contributed by atoms with Crippen LogP contribution in [0.25, 0.3) is 10.2 Å². The molecule has 3 amide bonds. The Morgan fingerprint density at radius 1 is 1.27 bits per heavy atom. The smallest absolute Gasteiger partial charge is 0.324 e. The van der Waals surface area contributed by atoms with Gasteiger partial charge in [-0.3, -0.25) is 19.1 Å². The third-order valence-corrected chi connectivity index (χ3v) is 7.10. The van der Waals surface area contributed by atoms with Gasteiger partial charge in [0.15, 0.2) is 5.16 Å². The van der Waals surface area contributed by atoms with Gasteiger partial charge in [-0.2, -0.15) is 0 Å². The third kappa shape index (κ3) is 4.27. The molecule has 7 nitrogen and oxygen atoms in total. The van der Waals surface area contributed by atoms with E-state index in [1.807, 2.05) is 43.3 Å². The number of nitrogens with one attached hydrogen (secondary N) is 1. The van der Waals surface area contributed by atoms with Crippen molar-refractivity contribution in [3.63, 3.8) is 0 Å². The van der Waals surface area contributed by atoms with E-state index in [4.69, 9.17) is 4.98 Å². The molecule has 0 spiro atoms. The Kier molecular flexibility index (Phi) is 6.19. The molecule has 3 heterocycles. The molecule has 1 fully saturated rings. The van der Waals surface area contributed by atoms with Crippen LogP contribution in [0.2, 0.25) is 0 Å². The topological polar surface area (TPSA) is 84.3 Å². The number of hydrogen-bond donors (Lipinski definition) is 1. The van der Waals surface area contributed by atoms with Gasteiger partial charge in [0, 0.05) is 24.5 Å². The van der Waals surface area contributed by atoms with Crippen LogP contribution in [0.5, 0.6) is 0 Å². The van der Waals surface area contributed by atoms with Gasteiger partial charge in [-0.1, -0.05) is 49.0 Å². The zero-order chi connectivity index (χ0) is 21.1. The van der Waals surface area contributed by atoms with Crippen LogP contribution in [0.15, 0.2) is 46.3 Å². The molecule has 1 aliphatic rings. The maximum atomic E-state index is 13.2. The summed E-state index contributed by atoms with van der Waals surface area (Å²) in [7, 11) is 0. The number of carbonyl (C=O) groups excluding carboxylic acids is 2. The van der Waals surface area contributed by atoms with Crippen molar-refractivity contribution in [2.75, 3.05) is 18.8 Å². The molecule has 1 aliphatic heterocycles. The lowest BCUT2D eigenvalue weighted by Gasteiger charge is -2.14. The lowest BCUT2D eigenvalue weighted by Crippen LogP contribution is -2.35. The standard InChI is InChI=1S/C21H22N4O3S2/c1-2-15-12-16-18(30-15)23-21(29-13-17(26)24-11-9-22-20(24)28)25(19(16)27)10-8-14-6-4-3-5-7-14/h3-7,12H,2,8-11,13H2,1H3,(H,22,28). The average molecular weight is 443 g/mol. The molecular weight excluding hydrogens is 420 g/mol. The Hall–Kier alpha value is -2.65. The van der Waals surface area contributed by atoms with Crippen molar-refractivity contribution in [3.05, 3.63) is 57.2 Å². The van der Waals surface area contributed by atoms with Crippen molar-refractivity contribution in [3.8, 4) is 0 Å². The highest BCUT2D eigenvalue weighted by atomic mass is 32.2. The maximum absolute atomic E-state index is 13.2. The fourth-order valence-corrected chi connectivity index (χ4v) is 5.24. The van der Waals surface area contributed by atoms with E-state index < -0.39 is 0 Å². The molecule has 0 aliphatic carbocycles. The van der Waals surface area contributed by atoms with Gasteiger partial charge in [0.05, 0.1) is 11.1 Å². The van der Waals surface area contributed by atoms with E-state index in [2.05, 4.69) is 5.32 Å². The second-order valence-electron chi connectivity index (χ2n) is 6.94. The van der Waals surface area contributed by atoms with Gasteiger partial charge in [0.25, 0.3) is 5.56 Å². The van der Waals surface area contributed by atoms with Crippen LogP contribution in [0.1, 0.15) is 17.4 Å². The van der Waals surface area contributed by atoms with Gasteiger partial charge in [0.1, 0.15) is 4.83 Å². The predicted octanol–water partition coefficient (Wildman–Crippen LogP) is 2.91. The van der Waals surface area contributed by atoms with E-state index >= 15 is 0 Å². The SMILES string of the molecule is CCc1cc2c(=O)n(CCc3ccccc3)c(SCC(=O)N3CCNC3=O)nc2s1. The molecule has 30 heavy (non-hydrogen) atoms. The van der Waals surface area contributed by atoms with E-state index in [1.165, 1.54) is 28.0 Å². The second kappa shape index (κ2) is 9.01. The summed E-state index contributed by atoms with van der Waals surface area (Å²) in [5.41, 5.74) is 1.05. The van der Waals surface area contributed by atoms with Gasteiger partial charge < -0.3 is 5.32 Å². The molecule has 1 aromatic carbocycles. The predicted molar refractivity (Wildman–Crippen MR) is 119 cm³/mol. The minimum absolute atomic E-state index is 0.0582. The van der Waals surface area contributed by atoms with Gasteiger partial charge in [-0.15, -0.1) is 11.3 Å². The van der Waals surface area contributed by atoms with Gasteiger partial charge in [-0.05, 0) is 24.5 Å². The fraction of sp³-hybridized carbons (Fsp3) is 0.333. The minimum Gasteiger partial charge on any atom is -0.336 e. The molecule has 1 N–H and O–H groups in total. The van der Waals surface area contributed by atoms with E-state index in [-0.39, 0.29) is 23.3 Å². The number of hydrogen-bond acceptors (Lipinski definition) is 6. The van der Waals surface area contributed by atoms with Crippen LogP contribution < -0.4 is 10.9 Å². The first-order valence-corrected chi connectivity index (χ1v) is 11.6. The van der Waals surface area contributed by atoms with E-state index in [1.54, 1.807) is 4.57 Å². The minimum atomic E-state index is -0.365. The molecule has 3 aromatic rings. The number of aryl methyl sites for hydroxylation is 2. The lowest BCUT2D eigenvalue weighted by molar-refractivity contribution is -0.124. The Bertz CT molecular complexity index is 1140. The van der Waals surface area contributed by atoms with Crippen LogP contribution in [-0.4, -0.2) is 45.2 Å². The molecular formula is C21H22N4O3S2. The summed E-state index contributed by atoms with van der Waals surface area (Å²) in [6, 6.07) is 11.5. The number of thioether (sulfide) groups is 1. The Balaban J connectivity index is 1.62. The van der Waals surface area contributed by atoms with Gasteiger partial charge in [0.2, 0.25) is 5.91 Å². The first kappa shape index (κ1) is 20.6. The normalized spacial score (nSPS) is 13.8. The molecule has 4 rings (SSSR count). The number of urea groups is 1. The Morgan fingerprint density at radius 3 is 2.77 bits per heavy atom. The number of benzene rings is 1. The van der Waals surface area contributed by atoms with E-state index in [0.29, 0.717) is 41.4 Å². The van der Waals surface area contributed by atoms with Crippen molar-refractivity contribution in [2.45, 2.75) is 31.5 Å². The van der Waals surface area contributed by atoms with Crippen molar-refractivity contribution < 1.29 is 9.59 Å². The van der Waals surface area contributed by atoms with Crippen molar-refractivity contribution >= 4 is 45.3 Å². The maximum Gasteiger partial charge on any atom is 0.324 e. The highest BCUT2D eigenvalue weighted by Gasteiger charge is 2.26. The third-order valence-electron chi connectivity index (χ3n) is 4.97. The number of thiophene rings is 1. The van der Waals surface area contributed by atoms with Crippen LogP contribution in [0, 0.1) is 0 Å². The number of rotatable bonds is 7. The van der Waals surface area contributed by atoms with Crippen molar-refractivity contribution in [2.24, 2.45) is 0 Å². The Morgan fingerprint density at radius 2 is 2.07 bits per heavy atom. The summed E-state index contributed by atoms with van der Waals surface area (Å²) in [5, 5.41) is 3.77. The van der Waals surface area contributed by atoms with Crippen molar-refractivity contribution in [1.82, 2.24) is 19.8 Å². The van der Waals surface area contributed by atoms with Crippen LogP contribution in [0.3, 0.4) is 0 Å². The first-order valence-electron chi connectivity index (χ1n) is 9.85. The molecule has 9 heteroatoms. The summed E-state index contributed by atoms with van der Waals surface area (Å²) in [5.74, 6) is -0.220. The highest BCUT2D eigenvalue weighted by molar-refractivity contribution is 7.99. The van der Waals surface area contributed by atoms with Crippen LogP contribution in [-0.2, 0) is 24.2 Å². The first-order chi connectivity index (χ1) is 14.6. The summed E-state index contributed by atoms with van der Waals surface area (Å²) in [4.78, 5) is 45.1. The zero-order valence-corrected chi connectivity index (χ0v) is 18.2. The molecule has 0 bridgehead atoms. The molecule has 0 atom stereocenters. The average Bonchev–Trinajstić information content (AvgIpc) is 3.38. The summed E-state index contributed by atoms with van der Waals surface area (Å²) in [6.07, 6.45) is 1.53. The summed E-state index contributed by atoms with van der Waals surface area (Å²) < 4.78 is 1.66. The van der Waals surface area contributed by atoms with Gasteiger partial charge in [-0.25, -0.2) is 9.78 Å². The quantitative estimate of drug-likeness (QED) is 0.449. The molecule has 0 saturated carbocycles. The molecule has 156 valence electrons. The fourth-order valence-electron chi connectivity index (χ4n) is 3.33. The summed E-state index contributed by atoms with van der Waals surface area (Å²) >= 11 is 2.72. The highest BCUT2D eigenvalue weighted by Crippen LogP contribution is 2.25. The largest absolute Gasteiger partial charge is 0.336 e. The number of nitrogens with zero attached hydrogens (tertiary/aromatic N) is 3. The Labute approximate surface area is 182 Å². The molecule has 2 aromatic heterocycles. The number of amides is 3. The monoisotopic (exact) mass is 442 g/mol. The molecule has 0 unspecified atom stereocenters. The van der Waals surface area contributed by atoms with E-state index in [9.17, 15) is 14.4 Å². The number of imide groups is 1. The second-order valence-corrected chi connectivity index (χ2v) is 9.00. The summed E-state index contributed by atoms with van der Waals surface area (Å²) in [6.45, 7) is 3.37. The molecule has 0 radical (unpaired) electrons. The van der Waals surface area contributed by atoms with Crippen LogP contribution in [0.4, 0.5) is 4.79 Å².